The molecule has 4 nitrogen and oxygen atoms in total. The molecule has 0 atom stereocenters. The first-order valence-electron chi connectivity index (χ1n) is 8.33. The zero-order valence-corrected chi connectivity index (χ0v) is 12.9. The van der Waals surface area contributed by atoms with Gasteiger partial charge in [0.25, 0.3) is 0 Å². The van der Waals surface area contributed by atoms with Crippen molar-refractivity contribution in [2.45, 2.75) is 75.4 Å². The van der Waals surface area contributed by atoms with Crippen LogP contribution in [0.25, 0.3) is 0 Å². The fourth-order valence-corrected chi connectivity index (χ4v) is 4.09. The molecule has 3 aliphatic rings. The van der Waals surface area contributed by atoms with E-state index in [2.05, 4.69) is 12.1 Å². The molecule has 1 aliphatic heterocycles. The molecule has 0 radical (unpaired) electrons. The maximum absolute atomic E-state index is 9.16. The molecule has 1 saturated heterocycles. The first-order chi connectivity index (χ1) is 10.7. The number of rotatable bonds is 0. The molecular weight excluding hydrogens is 276 g/mol. The molecule has 2 spiro atoms. The van der Waals surface area contributed by atoms with Crippen LogP contribution in [0.5, 0.6) is 0 Å². The summed E-state index contributed by atoms with van der Waals surface area (Å²) in [5.74, 6) is 1.37. The fraction of sp³-hybridized carbons (Fsp3) is 0.667. The average Bonchev–Trinajstić information content (AvgIpc) is 2.55. The summed E-state index contributed by atoms with van der Waals surface area (Å²) < 4.78 is 12.8. The van der Waals surface area contributed by atoms with Crippen molar-refractivity contribution in [1.82, 2.24) is 0 Å². The molecule has 0 unspecified atom stereocenters. The molecule has 0 bridgehead atoms. The van der Waals surface area contributed by atoms with Crippen LogP contribution in [-0.4, -0.2) is 11.2 Å². The summed E-state index contributed by atoms with van der Waals surface area (Å²) in [5, 5.41) is 18.3. The molecule has 3 fully saturated rings. The molecule has 116 valence electrons. The molecule has 0 aromatic heterocycles. The minimum atomic E-state index is -0.528. The first-order valence-corrected chi connectivity index (χ1v) is 8.33. The van der Waals surface area contributed by atoms with E-state index in [1.165, 1.54) is 25.0 Å². The van der Waals surface area contributed by atoms with Crippen molar-refractivity contribution in [2.75, 3.05) is 0 Å². The van der Waals surface area contributed by atoms with Gasteiger partial charge in [0.2, 0.25) is 0 Å². The van der Waals surface area contributed by atoms with Crippen LogP contribution in [0, 0.1) is 22.7 Å². The number of hydrogen-bond donors (Lipinski definition) is 0. The van der Waals surface area contributed by atoms with E-state index in [0.29, 0.717) is 11.5 Å². The Kier molecular flexibility index (Phi) is 4.12. The van der Waals surface area contributed by atoms with Crippen LogP contribution in [0.4, 0.5) is 0 Å². The molecule has 3 rings (SSSR count). The van der Waals surface area contributed by atoms with E-state index in [1.54, 1.807) is 0 Å². The maximum atomic E-state index is 9.16. The lowest BCUT2D eigenvalue weighted by molar-refractivity contribution is -0.170. The van der Waals surface area contributed by atoms with Gasteiger partial charge in [-0.2, -0.15) is 10.5 Å². The highest BCUT2D eigenvalue weighted by atomic mass is 16.6. The van der Waals surface area contributed by atoms with Gasteiger partial charge in [0.05, 0.1) is 24.3 Å². The van der Waals surface area contributed by atoms with Crippen molar-refractivity contribution in [3.63, 3.8) is 0 Å². The summed E-state index contributed by atoms with van der Waals surface area (Å²) in [7, 11) is 0. The van der Waals surface area contributed by atoms with E-state index in [-0.39, 0.29) is 0 Å². The van der Waals surface area contributed by atoms with Crippen LogP contribution in [0.3, 0.4) is 0 Å². The van der Waals surface area contributed by atoms with Gasteiger partial charge in [0, 0.05) is 0 Å². The lowest BCUT2D eigenvalue weighted by Gasteiger charge is -2.51. The van der Waals surface area contributed by atoms with Gasteiger partial charge in [-0.05, 0) is 51.4 Å². The van der Waals surface area contributed by atoms with Crippen molar-refractivity contribution >= 4 is 0 Å². The van der Waals surface area contributed by atoms with Crippen molar-refractivity contribution in [3.8, 4) is 12.1 Å². The summed E-state index contributed by atoms with van der Waals surface area (Å²) in [6.07, 6.45) is 13.1. The first kappa shape index (κ1) is 15.0. The predicted molar refractivity (Wildman–Crippen MR) is 81.2 cm³/mol. The maximum Gasteiger partial charge on any atom is 0.166 e. The Balaban J connectivity index is 2.00. The number of nitriles is 2. The third-order valence-corrected chi connectivity index (χ3v) is 5.22. The molecule has 0 aromatic rings. The Hall–Kier alpha value is -1.94. The molecule has 22 heavy (non-hydrogen) atoms. The molecule has 0 amide bonds. The topological polar surface area (TPSA) is 66.0 Å². The highest BCUT2D eigenvalue weighted by Gasteiger charge is 2.53. The zero-order valence-electron chi connectivity index (χ0n) is 12.9. The minimum absolute atomic E-state index is 0.528. The number of ether oxygens (including phenoxy) is 2. The Labute approximate surface area is 132 Å². The van der Waals surface area contributed by atoms with Crippen molar-refractivity contribution < 1.29 is 9.47 Å². The van der Waals surface area contributed by atoms with Gasteiger partial charge in [0.1, 0.15) is 0 Å². The van der Waals surface area contributed by atoms with E-state index in [4.69, 9.17) is 20.0 Å². The Morgan fingerprint density at radius 2 is 1.05 bits per heavy atom. The minimum Gasteiger partial charge on any atom is -0.479 e. The average molecular weight is 298 g/mol. The molecular formula is C18H22N2O2. The summed E-state index contributed by atoms with van der Waals surface area (Å²) in [4.78, 5) is 0. The van der Waals surface area contributed by atoms with Crippen LogP contribution in [0.1, 0.15) is 64.2 Å². The third kappa shape index (κ3) is 2.48. The predicted octanol–water partition coefficient (Wildman–Crippen LogP) is 4.25. The number of allylic oxidation sites excluding steroid dienone is 2. The quantitative estimate of drug-likeness (QED) is 0.627. The molecule has 4 heteroatoms. The second kappa shape index (κ2) is 6.05. The van der Waals surface area contributed by atoms with Crippen LogP contribution in [0.2, 0.25) is 0 Å². The van der Waals surface area contributed by atoms with E-state index in [9.17, 15) is 0 Å². The summed E-state index contributed by atoms with van der Waals surface area (Å²) >= 11 is 0. The van der Waals surface area contributed by atoms with Crippen molar-refractivity contribution in [3.05, 3.63) is 23.7 Å². The van der Waals surface area contributed by atoms with E-state index in [1.807, 2.05) is 0 Å². The third-order valence-electron chi connectivity index (χ3n) is 5.22. The van der Waals surface area contributed by atoms with Crippen LogP contribution in [-0.2, 0) is 9.47 Å². The smallest absolute Gasteiger partial charge is 0.166 e. The lowest BCUT2D eigenvalue weighted by atomic mass is 9.77. The van der Waals surface area contributed by atoms with E-state index < -0.39 is 11.2 Å². The van der Waals surface area contributed by atoms with Crippen molar-refractivity contribution in [1.29, 1.82) is 10.5 Å². The monoisotopic (exact) mass is 298 g/mol. The summed E-state index contributed by atoms with van der Waals surface area (Å²) in [6.45, 7) is 0. The number of nitrogens with zero attached hydrogens (tertiary/aromatic N) is 2. The van der Waals surface area contributed by atoms with Gasteiger partial charge in [-0.3, -0.25) is 0 Å². The van der Waals surface area contributed by atoms with Gasteiger partial charge in [-0.25, -0.2) is 0 Å². The van der Waals surface area contributed by atoms with Crippen LogP contribution >= 0.6 is 0 Å². The Morgan fingerprint density at radius 3 is 1.36 bits per heavy atom. The van der Waals surface area contributed by atoms with Gasteiger partial charge in [-0.1, -0.05) is 12.8 Å². The molecule has 0 aromatic carbocycles. The highest BCUT2D eigenvalue weighted by Crippen LogP contribution is 2.51. The zero-order chi connectivity index (χ0) is 15.5. The van der Waals surface area contributed by atoms with Gasteiger partial charge < -0.3 is 9.47 Å². The molecule has 0 N–H and O–H groups in total. The Morgan fingerprint density at radius 1 is 0.682 bits per heavy atom. The largest absolute Gasteiger partial charge is 0.479 e. The second-order valence-corrected chi connectivity index (χ2v) is 6.59. The second-order valence-electron chi connectivity index (χ2n) is 6.59. The van der Waals surface area contributed by atoms with Crippen LogP contribution < -0.4 is 0 Å². The highest BCUT2D eigenvalue weighted by molar-refractivity contribution is 5.30. The molecule has 2 saturated carbocycles. The Bertz CT molecular complexity index is 513. The van der Waals surface area contributed by atoms with Crippen molar-refractivity contribution in [2.24, 2.45) is 0 Å². The van der Waals surface area contributed by atoms with E-state index in [0.717, 1.165) is 51.4 Å². The SMILES string of the molecule is N#CC=C1OC2(CCCCC2)C(=CC#N)OC12CCCCC2. The van der Waals surface area contributed by atoms with Crippen LogP contribution in [0.15, 0.2) is 23.7 Å². The van der Waals surface area contributed by atoms with E-state index >= 15 is 0 Å². The van der Waals surface area contributed by atoms with Gasteiger partial charge in [0.15, 0.2) is 22.7 Å². The summed E-state index contributed by atoms with van der Waals surface area (Å²) in [6, 6.07) is 4.25. The van der Waals surface area contributed by atoms with Gasteiger partial charge >= 0.3 is 0 Å². The molecule has 1 heterocycles. The normalized spacial score (nSPS) is 29.5. The number of hydrogen-bond acceptors (Lipinski definition) is 4. The fourth-order valence-electron chi connectivity index (χ4n) is 4.09. The lowest BCUT2D eigenvalue weighted by Crippen LogP contribution is -2.52. The molecule has 2 aliphatic carbocycles. The van der Waals surface area contributed by atoms with Gasteiger partial charge in [-0.15, -0.1) is 0 Å². The standard InChI is InChI=1S/C18H22N2O2/c19-13-7-15-17(9-3-1-4-10-17)21-16(8-14-20)18(22-15)11-5-2-6-12-18/h7-8H,1-6,9-12H2. The summed E-state index contributed by atoms with van der Waals surface area (Å²) in [5.41, 5.74) is -1.06.